The van der Waals surface area contributed by atoms with Crippen LogP contribution in [-0.4, -0.2) is 11.6 Å². The van der Waals surface area contributed by atoms with E-state index in [0.717, 1.165) is 0 Å². The van der Waals surface area contributed by atoms with Gasteiger partial charge in [0, 0.05) is 17.9 Å². The first-order valence-corrected chi connectivity index (χ1v) is 6.25. The molecule has 2 aromatic rings. The summed E-state index contributed by atoms with van der Waals surface area (Å²) < 4.78 is 7.86. The van der Waals surface area contributed by atoms with Crippen molar-refractivity contribution in [1.82, 2.24) is 9.88 Å². The van der Waals surface area contributed by atoms with E-state index >= 15 is 0 Å². The molecule has 0 amide bonds. The Morgan fingerprint density at radius 1 is 1.17 bits per heavy atom. The number of hydrogen-bond donors (Lipinski definition) is 1. The van der Waals surface area contributed by atoms with E-state index in [1.807, 2.05) is 31.4 Å². The summed E-state index contributed by atoms with van der Waals surface area (Å²) in [6.45, 7) is 3.37. The van der Waals surface area contributed by atoms with Crippen LogP contribution in [0.25, 0.3) is 0 Å². The zero-order valence-electron chi connectivity index (χ0n) is 11.0. The van der Waals surface area contributed by atoms with Gasteiger partial charge in [0.2, 0.25) is 0 Å². The van der Waals surface area contributed by atoms with Crippen LogP contribution in [0, 0.1) is 0 Å². The molecule has 18 heavy (non-hydrogen) atoms. The zero-order valence-corrected chi connectivity index (χ0v) is 11.0. The van der Waals surface area contributed by atoms with E-state index in [0.29, 0.717) is 19.4 Å². The van der Waals surface area contributed by atoms with Crippen molar-refractivity contribution in [3.8, 4) is 0 Å². The Bertz CT molecular complexity index is 464. The summed E-state index contributed by atoms with van der Waals surface area (Å²) in [6, 6.07) is 14.7. The molecule has 1 unspecified atom stereocenters. The molecular weight excluding hydrogens is 224 g/mol. The summed E-state index contributed by atoms with van der Waals surface area (Å²) in [4.78, 5) is 0. The second-order valence-corrected chi connectivity index (χ2v) is 4.38. The molecule has 0 aliphatic rings. The van der Waals surface area contributed by atoms with Gasteiger partial charge in [-0.1, -0.05) is 30.3 Å². The van der Waals surface area contributed by atoms with E-state index in [9.17, 15) is 0 Å². The first-order chi connectivity index (χ1) is 8.81. The predicted molar refractivity (Wildman–Crippen MR) is 73.1 cm³/mol. The highest BCUT2D eigenvalue weighted by Crippen LogP contribution is 2.13. The van der Waals surface area contributed by atoms with Crippen molar-refractivity contribution in [1.29, 1.82) is 0 Å². The molecule has 96 valence electrons. The number of benzene rings is 1. The van der Waals surface area contributed by atoms with Crippen LogP contribution >= 0.6 is 0 Å². The van der Waals surface area contributed by atoms with Gasteiger partial charge in [0.05, 0.1) is 6.61 Å². The average molecular weight is 244 g/mol. The zero-order chi connectivity index (χ0) is 12.8. The Labute approximate surface area is 108 Å². The van der Waals surface area contributed by atoms with E-state index in [1.165, 1.54) is 11.3 Å². The maximum atomic E-state index is 5.73. The van der Waals surface area contributed by atoms with Crippen LogP contribution in [0.15, 0.2) is 48.7 Å². The average Bonchev–Trinajstić information content (AvgIpc) is 2.87. The summed E-state index contributed by atoms with van der Waals surface area (Å²) in [5.74, 6) is 0. The quantitative estimate of drug-likeness (QED) is 0.845. The molecular formula is C15H20N2O. The first kappa shape index (κ1) is 12.9. The lowest BCUT2D eigenvalue weighted by Gasteiger charge is -2.15. The van der Waals surface area contributed by atoms with Crippen LogP contribution in [0.3, 0.4) is 0 Å². The van der Waals surface area contributed by atoms with Gasteiger partial charge in [-0.25, -0.2) is 0 Å². The highest BCUT2D eigenvalue weighted by Gasteiger charge is 2.07. The molecule has 2 rings (SSSR count). The molecule has 0 bridgehead atoms. The standard InChI is InChI=1S/C15H20N2O/c1-13(16-2)15-9-6-10-17(15)12-18-11-14-7-4-3-5-8-14/h3-10,13,16H,11-12H2,1-2H3. The van der Waals surface area contributed by atoms with Gasteiger partial charge in [-0.15, -0.1) is 0 Å². The van der Waals surface area contributed by atoms with E-state index in [-0.39, 0.29) is 0 Å². The van der Waals surface area contributed by atoms with Gasteiger partial charge < -0.3 is 14.6 Å². The molecule has 1 atom stereocenters. The summed E-state index contributed by atoms with van der Waals surface area (Å²) in [6.07, 6.45) is 2.05. The summed E-state index contributed by atoms with van der Waals surface area (Å²) in [7, 11) is 1.97. The number of hydrogen-bond acceptors (Lipinski definition) is 2. The molecule has 3 heteroatoms. The molecule has 3 nitrogen and oxygen atoms in total. The van der Waals surface area contributed by atoms with E-state index < -0.39 is 0 Å². The summed E-state index contributed by atoms with van der Waals surface area (Å²) >= 11 is 0. The van der Waals surface area contributed by atoms with Gasteiger partial charge >= 0.3 is 0 Å². The van der Waals surface area contributed by atoms with Crippen molar-refractivity contribution >= 4 is 0 Å². The Morgan fingerprint density at radius 2 is 1.94 bits per heavy atom. The SMILES string of the molecule is CNC(C)c1cccn1COCc1ccccc1. The highest BCUT2D eigenvalue weighted by molar-refractivity contribution is 5.13. The Balaban J connectivity index is 1.89. The van der Waals surface area contributed by atoms with Crippen molar-refractivity contribution < 1.29 is 4.74 Å². The second-order valence-electron chi connectivity index (χ2n) is 4.38. The molecule has 1 aromatic carbocycles. The number of nitrogens with one attached hydrogen (secondary N) is 1. The molecule has 1 heterocycles. The Hall–Kier alpha value is -1.58. The molecule has 0 spiro atoms. The third-order valence-electron chi connectivity index (χ3n) is 3.08. The van der Waals surface area contributed by atoms with Crippen molar-refractivity contribution in [3.63, 3.8) is 0 Å². The molecule has 0 radical (unpaired) electrons. The first-order valence-electron chi connectivity index (χ1n) is 6.25. The summed E-state index contributed by atoms with van der Waals surface area (Å²) in [5.41, 5.74) is 2.44. The molecule has 1 N–H and O–H groups in total. The number of aromatic nitrogens is 1. The van der Waals surface area contributed by atoms with Crippen LogP contribution in [0.2, 0.25) is 0 Å². The van der Waals surface area contributed by atoms with Gasteiger partial charge in [-0.3, -0.25) is 0 Å². The van der Waals surface area contributed by atoms with Gasteiger partial charge in [-0.2, -0.15) is 0 Å². The monoisotopic (exact) mass is 244 g/mol. The maximum Gasteiger partial charge on any atom is 0.123 e. The highest BCUT2D eigenvalue weighted by atomic mass is 16.5. The van der Waals surface area contributed by atoms with Gasteiger partial charge in [0.15, 0.2) is 0 Å². The number of rotatable bonds is 6. The van der Waals surface area contributed by atoms with Crippen LogP contribution in [0.5, 0.6) is 0 Å². The Kier molecular flexibility index (Phi) is 4.56. The maximum absolute atomic E-state index is 5.73. The van der Waals surface area contributed by atoms with E-state index in [2.05, 4.69) is 41.1 Å². The fraction of sp³-hybridized carbons (Fsp3) is 0.333. The third kappa shape index (κ3) is 3.22. The smallest absolute Gasteiger partial charge is 0.123 e. The molecule has 1 aromatic heterocycles. The predicted octanol–water partition coefficient (Wildman–Crippen LogP) is 2.94. The lowest BCUT2D eigenvalue weighted by Crippen LogP contribution is -2.17. The van der Waals surface area contributed by atoms with E-state index in [4.69, 9.17) is 4.74 Å². The minimum absolute atomic E-state index is 0.334. The fourth-order valence-corrected chi connectivity index (χ4v) is 1.92. The van der Waals surface area contributed by atoms with E-state index in [1.54, 1.807) is 0 Å². The molecule has 0 fully saturated rings. The largest absolute Gasteiger partial charge is 0.356 e. The number of nitrogens with zero attached hydrogens (tertiary/aromatic N) is 1. The van der Waals surface area contributed by atoms with Gasteiger partial charge in [0.1, 0.15) is 6.73 Å². The van der Waals surface area contributed by atoms with Crippen molar-refractivity contribution in [2.24, 2.45) is 0 Å². The van der Waals surface area contributed by atoms with Crippen LogP contribution in [-0.2, 0) is 18.1 Å². The third-order valence-corrected chi connectivity index (χ3v) is 3.08. The molecule has 0 aliphatic heterocycles. The minimum Gasteiger partial charge on any atom is -0.356 e. The number of ether oxygens (including phenoxy) is 1. The van der Waals surface area contributed by atoms with Crippen molar-refractivity contribution in [2.45, 2.75) is 26.3 Å². The van der Waals surface area contributed by atoms with Crippen LogP contribution in [0.1, 0.15) is 24.2 Å². The second kappa shape index (κ2) is 6.38. The van der Waals surface area contributed by atoms with Gasteiger partial charge in [0.25, 0.3) is 0 Å². The van der Waals surface area contributed by atoms with Crippen molar-refractivity contribution in [3.05, 3.63) is 59.9 Å². The Morgan fingerprint density at radius 3 is 2.67 bits per heavy atom. The molecule has 0 saturated carbocycles. The summed E-state index contributed by atoms with van der Waals surface area (Å²) in [5, 5.41) is 3.24. The lowest BCUT2D eigenvalue weighted by molar-refractivity contribution is 0.0618. The minimum atomic E-state index is 0.334. The topological polar surface area (TPSA) is 26.2 Å². The van der Waals surface area contributed by atoms with Crippen molar-refractivity contribution in [2.75, 3.05) is 7.05 Å². The molecule has 0 saturated heterocycles. The fourth-order valence-electron chi connectivity index (χ4n) is 1.92. The van der Waals surface area contributed by atoms with Crippen LogP contribution < -0.4 is 5.32 Å². The molecule has 0 aliphatic carbocycles. The normalized spacial score (nSPS) is 12.6. The lowest BCUT2D eigenvalue weighted by atomic mass is 10.2. The van der Waals surface area contributed by atoms with Crippen LogP contribution in [0.4, 0.5) is 0 Å². The van der Waals surface area contributed by atoms with Gasteiger partial charge in [-0.05, 0) is 31.7 Å².